The maximum absolute atomic E-state index is 10.1. The molecule has 0 amide bonds. The first-order chi connectivity index (χ1) is 13.6. The van der Waals surface area contributed by atoms with Gasteiger partial charge in [-0.2, -0.15) is 0 Å². The summed E-state index contributed by atoms with van der Waals surface area (Å²) >= 11 is 0. The first-order valence-corrected chi connectivity index (χ1v) is 9.63. The number of hydrogen-bond acceptors (Lipinski definition) is 4. The Balaban J connectivity index is 0.00000300. The molecule has 0 atom stereocenters. The number of nitrogens with one attached hydrogen (secondary N) is 2. The number of phenolic OH excluding ortho intramolecular Hbond substituents is 1. The third-order valence-corrected chi connectivity index (χ3v) is 5.14. The number of aliphatic imine (C=N–C) groups is 1. The first-order valence-electron chi connectivity index (χ1n) is 9.63. The van der Waals surface area contributed by atoms with Crippen LogP contribution in [0.25, 0.3) is 0 Å². The summed E-state index contributed by atoms with van der Waals surface area (Å²) in [5, 5.41) is 16.8. The molecule has 0 heterocycles. The highest BCUT2D eigenvalue weighted by Gasteiger charge is 2.43. The van der Waals surface area contributed by atoms with Crippen LogP contribution in [0.3, 0.4) is 0 Å². The van der Waals surface area contributed by atoms with Crippen molar-refractivity contribution in [1.29, 1.82) is 0 Å². The van der Waals surface area contributed by atoms with Crippen LogP contribution in [-0.2, 0) is 12.0 Å². The van der Waals surface area contributed by atoms with Crippen LogP contribution in [0, 0.1) is 0 Å². The summed E-state index contributed by atoms with van der Waals surface area (Å²) in [4.78, 5) is 4.69. The summed E-state index contributed by atoms with van der Waals surface area (Å²) in [5.74, 6) is 1.53. The Bertz CT molecular complexity index is 798. The molecule has 2 aromatic rings. The van der Waals surface area contributed by atoms with E-state index in [4.69, 9.17) is 14.5 Å². The Labute approximate surface area is 189 Å². The van der Waals surface area contributed by atoms with Crippen molar-refractivity contribution in [2.45, 2.75) is 31.7 Å². The molecule has 0 bridgehead atoms. The van der Waals surface area contributed by atoms with E-state index in [0.717, 1.165) is 24.6 Å². The zero-order chi connectivity index (χ0) is 20.0. The van der Waals surface area contributed by atoms with Crippen molar-refractivity contribution < 1.29 is 14.6 Å². The predicted molar refractivity (Wildman–Crippen MR) is 127 cm³/mol. The molecule has 3 rings (SSSR count). The number of benzene rings is 2. The van der Waals surface area contributed by atoms with E-state index in [1.807, 2.05) is 6.92 Å². The number of hydrogen-bond donors (Lipinski definition) is 3. The van der Waals surface area contributed by atoms with E-state index in [-0.39, 0.29) is 35.1 Å². The van der Waals surface area contributed by atoms with Crippen molar-refractivity contribution >= 4 is 29.9 Å². The minimum Gasteiger partial charge on any atom is -0.502 e. The van der Waals surface area contributed by atoms with Gasteiger partial charge in [0.05, 0.1) is 20.8 Å². The molecule has 29 heavy (non-hydrogen) atoms. The largest absolute Gasteiger partial charge is 0.502 e. The molecule has 7 heteroatoms. The zero-order valence-corrected chi connectivity index (χ0v) is 19.5. The van der Waals surface area contributed by atoms with E-state index in [1.165, 1.54) is 32.6 Å². The lowest BCUT2D eigenvalue weighted by Crippen LogP contribution is -2.41. The van der Waals surface area contributed by atoms with Gasteiger partial charge in [0.15, 0.2) is 17.5 Å². The quantitative estimate of drug-likeness (QED) is 0.286. The summed E-state index contributed by atoms with van der Waals surface area (Å²) in [6.45, 7) is 4.13. The molecule has 158 valence electrons. The van der Waals surface area contributed by atoms with E-state index in [9.17, 15) is 5.11 Å². The Morgan fingerprint density at radius 3 is 2.21 bits per heavy atom. The molecule has 0 aliphatic heterocycles. The fourth-order valence-electron chi connectivity index (χ4n) is 3.31. The monoisotopic (exact) mass is 511 g/mol. The average molecular weight is 511 g/mol. The standard InChI is InChI=1S/C22H29N3O3.HI/c1-4-23-21(25-15-22(10-11-22)17-8-6-5-7-9-17)24-14-16-12-18(27-2)20(26)19(13-16)28-3;/h5-9,12-13,26H,4,10-11,14-15H2,1-3H3,(H2,23,24,25);1H. The maximum Gasteiger partial charge on any atom is 0.200 e. The van der Waals surface area contributed by atoms with Crippen molar-refractivity contribution in [3.05, 3.63) is 53.6 Å². The SMILES string of the molecule is CCNC(=NCc1cc(OC)c(O)c(OC)c1)NCC1(c2ccccc2)CC1.I. The molecular weight excluding hydrogens is 481 g/mol. The topological polar surface area (TPSA) is 75.1 Å². The summed E-state index contributed by atoms with van der Waals surface area (Å²) < 4.78 is 10.4. The van der Waals surface area contributed by atoms with Gasteiger partial charge in [0.1, 0.15) is 0 Å². The van der Waals surface area contributed by atoms with Crippen LogP contribution in [-0.4, -0.2) is 38.4 Å². The fourth-order valence-corrected chi connectivity index (χ4v) is 3.31. The molecule has 1 aliphatic carbocycles. The molecule has 0 aromatic heterocycles. The van der Waals surface area contributed by atoms with Crippen LogP contribution in [0.15, 0.2) is 47.5 Å². The highest BCUT2D eigenvalue weighted by molar-refractivity contribution is 14.0. The molecule has 0 radical (unpaired) electrons. The molecule has 1 aliphatic rings. The number of phenols is 1. The second-order valence-corrected chi connectivity index (χ2v) is 7.04. The van der Waals surface area contributed by atoms with Crippen molar-refractivity contribution in [1.82, 2.24) is 10.6 Å². The number of halogens is 1. The summed E-state index contributed by atoms with van der Waals surface area (Å²) in [5.41, 5.74) is 2.49. The Kier molecular flexibility index (Phi) is 8.43. The van der Waals surface area contributed by atoms with Gasteiger partial charge in [-0.05, 0) is 43.0 Å². The molecule has 3 N–H and O–H groups in total. The minimum atomic E-state index is 0. The third kappa shape index (κ3) is 5.68. The van der Waals surface area contributed by atoms with Gasteiger partial charge in [-0.25, -0.2) is 4.99 Å². The van der Waals surface area contributed by atoms with Gasteiger partial charge in [0.25, 0.3) is 0 Å². The van der Waals surface area contributed by atoms with Crippen LogP contribution in [0.1, 0.15) is 30.9 Å². The highest BCUT2D eigenvalue weighted by atomic mass is 127. The highest BCUT2D eigenvalue weighted by Crippen LogP contribution is 2.47. The fraction of sp³-hybridized carbons (Fsp3) is 0.409. The van der Waals surface area contributed by atoms with Crippen LogP contribution >= 0.6 is 24.0 Å². The molecule has 1 fully saturated rings. The number of guanidine groups is 1. The minimum absolute atomic E-state index is 0. The van der Waals surface area contributed by atoms with Crippen molar-refractivity contribution in [2.75, 3.05) is 27.3 Å². The number of nitrogens with zero attached hydrogens (tertiary/aromatic N) is 1. The van der Waals surface area contributed by atoms with E-state index in [2.05, 4.69) is 41.0 Å². The maximum atomic E-state index is 10.1. The van der Waals surface area contributed by atoms with E-state index in [1.54, 1.807) is 12.1 Å². The molecule has 0 spiro atoms. The van der Waals surface area contributed by atoms with Gasteiger partial charge in [0.2, 0.25) is 5.75 Å². The third-order valence-electron chi connectivity index (χ3n) is 5.14. The Hall–Kier alpha value is -2.16. The van der Waals surface area contributed by atoms with Crippen LogP contribution in [0.4, 0.5) is 0 Å². The van der Waals surface area contributed by atoms with Gasteiger partial charge < -0.3 is 25.2 Å². The predicted octanol–water partition coefficient (Wildman–Crippen LogP) is 3.81. The van der Waals surface area contributed by atoms with E-state index < -0.39 is 0 Å². The summed E-state index contributed by atoms with van der Waals surface area (Å²) in [7, 11) is 3.04. The van der Waals surface area contributed by atoms with Crippen LogP contribution < -0.4 is 20.1 Å². The van der Waals surface area contributed by atoms with Crippen molar-refractivity contribution in [3.8, 4) is 17.2 Å². The first kappa shape index (κ1) is 23.1. The number of methoxy groups -OCH3 is 2. The van der Waals surface area contributed by atoms with Gasteiger partial charge in [-0.1, -0.05) is 30.3 Å². The van der Waals surface area contributed by atoms with Crippen LogP contribution in [0.2, 0.25) is 0 Å². The average Bonchev–Trinajstić information content (AvgIpc) is 3.52. The lowest BCUT2D eigenvalue weighted by Gasteiger charge is -2.19. The zero-order valence-electron chi connectivity index (χ0n) is 17.2. The second-order valence-electron chi connectivity index (χ2n) is 7.04. The van der Waals surface area contributed by atoms with Crippen LogP contribution in [0.5, 0.6) is 17.2 Å². The Morgan fingerprint density at radius 1 is 1.07 bits per heavy atom. The molecule has 2 aromatic carbocycles. The smallest absolute Gasteiger partial charge is 0.200 e. The lowest BCUT2D eigenvalue weighted by atomic mass is 9.96. The number of rotatable bonds is 8. The number of aromatic hydroxyl groups is 1. The van der Waals surface area contributed by atoms with Gasteiger partial charge in [-0.3, -0.25) is 0 Å². The molecule has 0 saturated heterocycles. The van der Waals surface area contributed by atoms with E-state index >= 15 is 0 Å². The summed E-state index contributed by atoms with van der Waals surface area (Å²) in [6, 6.07) is 14.2. The summed E-state index contributed by atoms with van der Waals surface area (Å²) in [6.07, 6.45) is 2.38. The van der Waals surface area contributed by atoms with Gasteiger partial charge in [-0.15, -0.1) is 24.0 Å². The van der Waals surface area contributed by atoms with Crippen molar-refractivity contribution in [3.63, 3.8) is 0 Å². The van der Waals surface area contributed by atoms with Gasteiger partial charge in [0, 0.05) is 18.5 Å². The van der Waals surface area contributed by atoms with Gasteiger partial charge >= 0.3 is 0 Å². The molecular formula is C22H30IN3O3. The molecule has 6 nitrogen and oxygen atoms in total. The van der Waals surface area contributed by atoms with E-state index in [0.29, 0.717) is 18.0 Å². The van der Waals surface area contributed by atoms with Crippen molar-refractivity contribution in [2.24, 2.45) is 4.99 Å². The normalized spacial score (nSPS) is 14.5. The lowest BCUT2D eigenvalue weighted by molar-refractivity contribution is 0.339. The molecule has 1 saturated carbocycles. The number of ether oxygens (including phenoxy) is 2. The second kappa shape index (κ2) is 10.6. The molecule has 0 unspecified atom stereocenters. The Morgan fingerprint density at radius 2 is 1.69 bits per heavy atom.